The lowest BCUT2D eigenvalue weighted by molar-refractivity contribution is -0.267. The van der Waals surface area contributed by atoms with E-state index < -0.39 is 0 Å². The molecule has 70 valence electrons. The average Bonchev–Trinajstić information content (AvgIpc) is 2.20. The van der Waals surface area contributed by atoms with Gasteiger partial charge in [0.2, 0.25) is 0 Å². The molecule has 2 aromatic rings. The Bertz CT molecular complexity index is 414. The summed E-state index contributed by atoms with van der Waals surface area (Å²) >= 11 is 0. The van der Waals surface area contributed by atoms with Crippen LogP contribution in [0, 0.1) is 0 Å². The van der Waals surface area contributed by atoms with Gasteiger partial charge in [0.1, 0.15) is 11.4 Å². The molecule has 0 amide bonds. The molecule has 14 heavy (non-hydrogen) atoms. The van der Waals surface area contributed by atoms with Crippen LogP contribution < -0.4 is 5.11 Å². The van der Waals surface area contributed by atoms with Crippen LogP contribution in [-0.2, 0) is 0 Å². The Balaban J connectivity index is 2.61. The van der Waals surface area contributed by atoms with Gasteiger partial charge in [-0.2, -0.15) is 0 Å². The molecule has 1 N–H and O–H groups in total. The van der Waals surface area contributed by atoms with Crippen LogP contribution in [0.4, 0.5) is 0 Å². The van der Waals surface area contributed by atoms with Gasteiger partial charge >= 0.3 is 0 Å². The van der Waals surface area contributed by atoms with Gasteiger partial charge in [0.05, 0.1) is 5.69 Å². The number of rotatable bonds is 1. The smallest absolute Gasteiger partial charge is 0.143 e. The Morgan fingerprint density at radius 3 is 2.29 bits per heavy atom. The van der Waals surface area contributed by atoms with E-state index in [0.29, 0.717) is 0 Å². The maximum Gasteiger partial charge on any atom is 0.143 e. The minimum Gasteiger partial charge on any atom is -0.871 e. The quantitative estimate of drug-likeness (QED) is 0.720. The van der Waals surface area contributed by atoms with Crippen molar-refractivity contribution in [1.29, 1.82) is 0 Å². The molecule has 0 atom stereocenters. The van der Waals surface area contributed by atoms with E-state index in [1.165, 1.54) is 24.5 Å². The van der Waals surface area contributed by atoms with Crippen LogP contribution in [0.25, 0.3) is 11.4 Å². The van der Waals surface area contributed by atoms with Crippen LogP contribution in [0.1, 0.15) is 0 Å². The lowest BCUT2D eigenvalue weighted by Crippen LogP contribution is -1.96. The molecule has 2 rings (SSSR count). The largest absolute Gasteiger partial charge is 0.871 e. The Kier molecular flexibility index (Phi) is 2.02. The first-order valence-corrected chi connectivity index (χ1v) is 4.05. The summed E-state index contributed by atoms with van der Waals surface area (Å²) in [5.74, 6) is -0.287. The summed E-state index contributed by atoms with van der Waals surface area (Å²) in [6, 6.07) is 5.99. The molecule has 0 fully saturated rings. The van der Waals surface area contributed by atoms with Crippen molar-refractivity contribution < 1.29 is 10.2 Å². The average molecular weight is 187 g/mol. The van der Waals surface area contributed by atoms with Gasteiger partial charge in [0.25, 0.3) is 0 Å². The van der Waals surface area contributed by atoms with Crippen LogP contribution in [0.15, 0.2) is 36.7 Å². The molecule has 0 aliphatic carbocycles. The number of hydrogen-bond acceptors (Lipinski definition) is 4. The summed E-state index contributed by atoms with van der Waals surface area (Å²) in [4.78, 5) is 7.77. The Morgan fingerprint density at radius 2 is 1.64 bits per heavy atom. The number of aromatic nitrogens is 2. The second-order valence-corrected chi connectivity index (χ2v) is 2.72. The predicted octanol–water partition coefficient (Wildman–Crippen LogP) is 0.923. The molecule has 4 nitrogen and oxygen atoms in total. The van der Waals surface area contributed by atoms with Gasteiger partial charge in [-0.05, 0) is 18.2 Å². The minimum absolute atomic E-state index is 0.0386. The van der Waals surface area contributed by atoms with Gasteiger partial charge in [-0.3, -0.25) is 9.97 Å². The maximum absolute atomic E-state index is 11.4. The van der Waals surface area contributed by atoms with Gasteiger partial charge in [0, 0.05) is 12.4 Å². The first-order valence-electron chi connectivity index (χ1n) is 4.05. The molecule has 0 spiro atoms. The van der Waals surface area contributed by atoms with E-state index >= 15 is 0 Å². The van der Waals surface area contributed by atoms with Crippen LogP contribution in [0.3, 0.4) is 0 Å². The first-order chi connectivity index (χ1) is 6.79. The fraction of sp³-hybridized carbons (Fsp3) is 0. The van der Waals surface area contributed by atoms with Crippen molar-refractivity contribution in [3.8, 4) is 22.9 Å². The topological polar surface area (TPSA) is 69.1 Å². The molecule has 0 unspecified atom stereocenters. The van der Waals surface area contributed by atoms with Gasteiger partial charge in [-0.25, -0.2) is 0 Å². The Morgan fingerprint density at radius 1 is 1.00 bits per heavy atom. The monoisotopic (exact) mass is 187 g/mol. The van der Waals surface area contributed by atoms with Gasteiger partial charge in [0.15, 0.2) is 0 Å². The summed E-state index contributed by atoms with van der Waals surface area (Å²) in [5.41, 5.74) is 0.392. The highest BCUT2D eigenvalue weighted by molar-refractivity contribution is 5.66. The van der Waals surface area contributed by atoms with Gasteiger partial charge in [-0.15, -0.1) is 0 Å². The standard InChI is InChI=1S/C10H8N2O2/c13-7-3-1-5-11-9(7)10-8(14)4-2-6-12-10/h1-6,13-14H/p-1. The highest BCUT2D eigenvalue weighted by atomic mass is 16.3. The molecule has 0 aromatic carbocycles. The number of aromatic hydroxyl groups is 1. The van der Waals surface area contributed by atoms with E-state index in [0.717, 1.165) is 0 Å². The highest BCUT2D eigenvalue weighted by Crippen LogP contribution is 2.28. The molecule has 0 aliphatic rings. The van der Waals surface area contributed by atoms with Crippen molar-refractivity contribution in [3.63, 3.8) is 0 Å². The molecule has 0 saturated carbocycles. The van der Waals surface area contributed by atoms with Crippen molar-refractivity contribution in [2.45, 2.75) is 0 Å². The third-order valence-corrected chi connectivity index (χ3v) is 1.78. The van der Waals surface area contributed by atoms with E-state index in [1.807, 2.05) is 0 Å². The summed E-state index contributed by atoms with van der Waals surface area (Å²) < 4.78 is 0. The molecule has 0 saturated heterocycles. The van der Waals surface area contributed by atoms with E-state index in [2.05, 4.69) is 9.97 Å². The van der Waals surface area contributed by atoms with E-state index in [-0.39, 0.29) is 22.9 Å². The maximum atomic E-state index is 11.4. The zero-order valence-corrected chi connectivity index (χ0v) is 7.21. The number of pyridine rings is 2. The summed E-state index contributed by atoms with van der Waals surface area (Å²) in [5, 5.41) is 20.8. The van der Waals surface area contributed by atoms with Crippen molar-refractivity contribution in [3.05, 3.63) is 36.7 Å². The minimum atomic E-state index is -0.249. The lowest BCUT2D eigenvalue weighted by atomic mass is 10.2. The molecule has 2 heterocycles. The molecular weight excluding hydrogens is 180 g/mol. The second kappa shape index (κ2) is 3.33. The highest BCUT2D eigenvalue weighted by Gasteiger charge is 2.05. The number of hydrogen-bond donors (Lipinski definition) is 1. The molecule has 0 bridgehead atoms. The number of nitrogens with zero attached hydrogens (tertiary/aromatic N) is 2. The SMILES string of the molecule is [O-]c1cccnc1-c1ncccc1O. The zero-order chi connectivity index (χ0) is 9.97. The summed E-state index contributed by atoms with van der Waals surface area (Å²) in [7, 11) is 0. The van der Waals surface area contributed by atoms with E-state index in [9.17, 15) is 10.2 Å². The van der Waals surface area contributed by atoms with Gasteiger partial charge < -0.3 is 10.2 Å². The normalized spacial score (nSPS) is 10.0. The van der Waals surface area contributed by atoms with Crippen molar-refractivity contribution in [1.82, 2.24) is 9.97 Å². The predicted molar refractivity (Wildman–Crippen MR) is 48.6 cm³/mol. The van der Waals surface area contributed by atoms with Crippen LogP contribution in [-0.4, -0.2) is 15.1 Å². The lowest BCUT2D eigenvalue weighted by Gasteiger charge is -2.11. The van der Waals surface area contributed by atoms with Crippen LogP contribution in [0.2, 0.25) is 0 Å². The van der Waals surface area contributed by atoms with Crippen molar-refractivity contribution >= 4 is 0 Å². The Hall–Kier alpha value is -2.10. The Labute approximate surface area is 80.5 Å². The van der Waals surface area contributed by atoms with Gasteiger partial charge in [-0.1, -0.05) is 11.8 Å². The fourth-order valence-corrected chi connectivity index (χ4v) is 1.15. The van der Waals surface area contributed by atoms with E-state index in [4.69, 9.17) is 0 Å². The first kappa shape index (κ1) is 8.50. The summed E-state index contributed by atoms with van der Waals surface area (Å²) in [6.45, 7) is 0. The third kappa shape index (κ3) is 1.37. The summed E-state index contributed by atoms with van der Waals surface area (Å²) in [6.07, 6.45) is 2.99. The second-order valence-electron chi connectivity index (χ2n) is 2.72. The van der Waals surface area contributed by atoms with Crippen LogP contribution in [0.5, 0.6) is 11.5 Å². The zero-order valence-electron chi connectivity index (χ0n) is 7.21. The van der Waals surface area contributed by atoms with Crippen LogP contribution >= 0.6 is 0 Å². The molecule has 2 aromatic heterocycles. The third-order valence-electron chi connectivity index (χ3n) is 1.78. The van der Waals surface area contributed by atoms with Crippen molar-refractivity contribution in [2.75, 3.05) is 0 Å². The van der Waals surface area contributed by atoms with E-state index in [1.54, 1.807) is 12.1 Å². The molecule has 4 heteroatoms. The fourth-order valence-electron chi connectivity index (χ4n) is 1.15. The van der Waals surface area contributed by atoms with Crippen molar-refractivity contribution in [2.24, 2.45) is 0 Å². The molecule has 0 aliphatic heterocycles. The molecular formula is C10H7N2O2-. The molecule has 0 radical (unpaired) electrons.